The number of methoxy groups -OCH3 is 2. The highest BCUT2D eigenvalue weighted by Crippen LogP contribution is 2.65. The molecule has 13 nitrogen and oxygen atoms in total. The smallest absolute Gasteiger partial charge is 0.469 e. The number of rotatable bonds is 15. The second kappa shape index (κ2) is 16.7. The number of benzene rings is 2. The van der Waals surface area contributed by atoms with E-state index in [-0.39, 0.29) is 42.6 Å². The van der Waals surface area contributed by atoms with E-state index in [2.05, 4.69) is 42.0 Å². The molecule has 1 unspecified atom stereocenters. The first kappa shape index (κ1) is 39.8. The van der Waals surface area contributed by atoms with Crippen LogP contribution in [0.4, 0.5) is 4.79 Å². The largest absolute Gasteiger partial charge is 0.481 e. The molecule has 3 saturated carbocycles. The zero-order valence-corrected chi connectivity index (χ0v) is 31.7. The third-order valence-electron chi connectivity index (χ3n) is 11.5. The number of amides is 4. The van der Waals surface area contributed by atoms with Crippen LogP contribution >= 0.6 is 0 Å². The van der Waals surface area contributed by atoms with Gasteiger partial charge in [0.25, 0.3) is 0 Å². The van der Waals surface area contributed by atoms with Crippen LogP contribution in [-0.2, 0) is 44.4 Å². The number of ether oxygens (including phenoxy) is 2. The van der Waals surface area contributed by atoms with Gasteiger partial charge in [-0.2, -0.15) is 0 Å². The minimum Gasteiger partial charge on any atom is -0.469 e. The Morgan fingerprint density at radius 3 is 2.09 bits per heavy atom. The maximum absolute atomic E-state index is 14.4. The Bertz CT molecular complexity index is 1630. The molecular formula is C39H53BN4O9. The summed E-state index contributed by atoms with van der Waals surface area (Å²) in [6.45, 7) is 10.1. The maximum atomic E-state index is 14.4. The van der Waals surface area contributed by atoms with Crippen LogP contribution in [0, 0.1) is 23.2 Å². The van der Waals surface area contributed by atoms with E-state index in [1.54, 1.807) is 44.2 Å². The van der Waals surface area contributed by atoms with Crippen molar-refractivity contribution in [2.45, 2.75) is 102 Å². The zero-order valence-electron chi connectivity index (χ0n) is 31.7. The molecule has 4 amide bonds. The molecule has 0 aromatic heterocycles. The summed E-state index contributed by atoms with van der Waals surface area (Å²) in [7, 11) is 1.68. The van der Waals surface area contributed by atoms with Gasteiger partial charge in [0.15, 0.2) is 0 Å². The first-order valence-electron chi connectivity index (χ1n) is 18.4. The standard InChI is InChI=1S/C39H53BN4O9/c1-23(2)32(44-37(49)51-7)35(47)41-27(20-24-14-10-8-11-15-24)34(46)43-33(25-16-12-9-13-17-25)36(48)42-30(18-19-31(45)50-6)40-52-29-22-26-21-28(38(26,3)4)39(29,5)53-40/h8-17,23,26-30,32-33H,18-22H2,1-7H3,(H,41,47)(H,42,48)(H,43,46)(H,44,49)/t26-,27-,28-,29+,30?,32-,33-,39-/m0/s1. The fourth-order valence-electron chi connectivity index (χ4n) is 8.22. The second-order valence-corrected chi connectivity index (χ2v) is 15.5. The highest BCUT2D eigenvalue weighted by atomic mass is 16.7. The van der Waals surface area contributed by atoms with Crippen molar-refractivity contribution >= 4 is 36.9 Å². The summed E-state index contributed by atoms with van der Waals surface area (Å²) >= 11 is 0. The van der Waals surface area contributed by atoms with E-state index in [1.165, 1.54) is 14.2 Å². The predicted octanol–water partition coefficient (Wildman–Crippen LogP) is 3.66. The lowest BCUT2D eigenvalue weighted by atomic mass is 9.43. The van der Waals surface area contributed by atoms with E-state index in [9.17, 15) is 24.0 Å². The van der Waals surface area contributed by atoms with Crippen molar-refractivity contribution in [2.24, 2.45) is 23.2 Å². The minimum atomic E-state index is -1.19. The fraction of sp³-hybridized carbons (Fsp3) is 0.564. The molecule has 8 atom stereocenters. The number of esters is 1. The van der Waals surface area contributed by atoms with Gasteiger partial charge >= 0.3 is 19.2 Å². The van der Waals surface area contributed by atoms with E-state index in [0.29, 0.717) is 11.5 Å². The van der Waals surface area contributed by atoms with Crippen LogP contribution in [0.1, 0.15) is 77.5 Å². The third-order valence-corrected chi connectivity index (χ3v) is 11.5. The van der Waals surface area contributed by atoms with Gasteiger partial charge in [-0.25, -0.2) is 4.79 Å². The molecule has 1 heterocycles. The monoisotopic (exact) mass is 732 g/mol. The lowest BCUT2D eigenvalue weighted by Crippen LogP contribution is -2.65. The summed E-state index contributed by atoms with van der Waals surface area (Å²) in [5.41, 5.74) is 0.820. The molecule has 1 aliphatic heterocycles. The number of hydrogen-bond acceptors (Lipinski definition) is 9. The summed E-state index contributed by atoms with van der Waals surface area (Å²) in [5.74, 6) is -2.47. The topological polar surface area (TPSA) is 170 Å². The maximum Gasteiger partial charge on any atom is 0.481 e. The summed E-state index contributed by atoms with van der Waals surface area (Å²) in [6.07, 6.45) is 1.25. The average Bonchev–Trinajstić information content (AvgIpc) is 3.51. The highest BCUT2D eigenvalue weighted by molar-refractivity contribution is 6.48. The number of carbonyl (C=O) groups excluding carboxylic acids is 5. The number of nitrogens with one attached hydrogen (secondary N) is 4. The van der Waals surface area contributed by atoms with Crippen LogP contribution in [0.25, 0.3) is 0 Å². The van der Waals surface area contributed by atoms with Gasteiger partial charge in [-0.3, -0.25) is 19.2 Å². The average molecular weight is 733 g/mol. The van der Waals surface area contributed by atoms with Crippen molar-refractivity contribution < 1.29 is 42.8 Å². The summed E-state index contributed by atoms with van der Waals surface area (Å²) in [6, 6.07) is 14.6. The van der Waals surface area contributed by atoms with Crippen LogP contribution in [0.5, 0.6) is 0 Å². The first-order valence-corrected chi connectivity index (χ1v) is 18.4. The summed E-state index contributed by atoms with van der Waals surface area (Å²) in [5, 5.41) is 11.3. The number of carbonyl (C=O) groups is 5. The Morgan fingerprint density at radius 2 is 1.49 bits per heavy atom. The van der Waals surface area contributed by atoms with E-state index in [4.69, 9.17) is 18.8 Å². The zero-order chi connectivity index (χ0) is 38.5. The Kier molecular flexibility index (Phi) is 12.5. The van der Waals surface area contributed by atoms with Crippen molar-refractivity contribution in [1.29, 1.82) is 0 Å². The van der Waals surface area contributed by atoms with Gasteiger partial charge in [-0.05, 0) is 60.5 Å². The van der Waals surface area contributed by atoms with E-state index < -0.39 is 66.6 Å². The summed E-state index contributed by atoms with van der Waals surface area (Å²) < 4.78 is 22.8. The molecule has 0 radical (unpaired) electrons. The molecule has 6 rings (SSSR count). The normalized spacial score (nSPS) is 24.7. The van der Waals surface area contributed by atoms with Crippen molar-refractivity contribution in [1.82, 2.24) is 21.3 Å². The molecule has 2 aromatic rings. The lowest BCUT2D eigenvalue weighted by Gasteiger charge is -2.64. The van der Waals surface area contributed by atoms with Crippen molar-refractivity contribution in [3.63, 3.8) is 0 Å². The van der Waals surface area contributed by atoms with Crippen LogP contribution < -0.4 is 21.3 Å². The van der Waals surface area contributed by atoms with Gasteiger partial charge < -0.3 is 40.0 Å². The van der Waals surface area contributed by atoms with Gasteiger partial charge in [0.05, 0.1) is 31.9 Å². The van der Waals surface area contributed by atoms with Crippen molar-refractivity contribution in [2.75, 3.05) is 14.2 Å². The molecule has 3 aliphatic carbocycles. The molecule has 2 bridgehead atoms. The SMILES string of the molecule is COC(=O)CCC(NC(=O)[C@@H](NC(=O)[C@H](Cc1ccccc1)NC(=O)[C@@H](NC(=O)OC)C(C)C)c1ccccc1)B1O[C@@H]2C[C@@H]3C[C@@H](C3(C)C)[C@]2(C)O1. The minimum absolute atomic E-state index is 0.00770. The molecule has 2 aromatic carbocycles. The van der Waals surface area contributed by atoms with Gasteiger partial charge in [0, 0.05) is 12.8 Å². The molecule has 4 aliphatic rings. The fourth-order valence-corrected chi connectivity index (χ4v) is 8.22. The Labute approximate surface area is 312 Å². The Morgan fingerprint density at radius 1 is 0.830 bits per heavy atom. The molecule has 4 fully saturated rings. The predicted molar refractivity (Wildman–Crippen MR) is 197 cm³/mol. The Hall–Kier alpha value is -4.43. The van der Waals surface area contributed by atoms with Crippen molar-refractivity contribution in [3.05, 3.63) is 71.8 Å². The van der Waals surface area contributed by atoms with E-state index in [1.807, 2.05) is 30.3 Å². The lowest BCUT2D eigenvalue weighted by molar-refractivity contribution is -0.199. The van der Waals surface area contributed by atoms with E-state index in [0.717, 1.165) is 18.4 Å². The van der Waals surface area contributed by atoms with Crippen LogP contribution in [-0.4, -0.2) is 80.9 Å². The van der Waals surface area contributed by atoms with Gasteiger partial charge in [0.1, 0.15) is 18.1 Å². The van der Waals surface area contributed by atoms with E-state index >= 15 is 0 Å². The van der Waals surface area contributed by atoms with Gasteiger partial charge in [-0.1, -0.05) is 88.4 Å². The Balaban J connectivity index is 1.39. The van der Waals surface area contributed by atoms with Gasteiger partial charge in [0.2, 0.25) is 17.7 Å². The van der Waals surface area contributed by atoms with Crippen LogP contribution in [0.2, 0.25) is 0 Å². The van der Waals surface area contributed by atoms with Crippen LogP contribution in [0.15, 0.2) is 60.7 Å². The third kappa shape index (κ3) is 8.87. The molecular weight excluding hydrogens is 679 g/mol. The molecule has 286 valence electrons. The van der Waals surface area contributed by atoms with Gasteiger partial charge in [-0.15, -0.1) is 0 Å². The first-order chi connectivity index (χ1) is 25.2. The summed E-state index contributed by atoms with van der Waals surface area (Å²) in [4.78, 5) is 66.6. The second-order valence-electron chi connectivity index (χ2n) is 15.5. The molecule has 53 heavy (non-hydrogen) atoms. The van der Waals surface area contributed by atoms with Crippen LogP contribution in [0.3, 0.4) is 0 Å². The molecule has 4 N–H and O–H groups in total. The highest BCUT2D eigenvalue weighted by Gasteiger charge is 2.68. The van der Waals surface area contributed by atoms with Crippen molar-refractivity contribution in [3.8, 4) is 0 Å². The molecule has 1 saturated heterocycles. The molecule has 14 heteroatoms. The number of alkyl carbamates (subject to hydrolysis) is 1. The number of hydrogen-bond donors (Lipinski definition) is 4. The molecule has 0 spiro atoms. The quantitative estimate of drug-likeness (QED) is 0.158.